The van der Waals surface area contributed by atoms with Crippen molar-refractivity contribution in [3.8, 4) is 0 Å². The van der Waals surface area contributed by atoms with Gasteiger partial charge in [-0.05, 0) is 37.8 Å². The second-order valence-electron chi connectivity index (χ2n) is 7.53. The maximum Gasteiger partial charge on any atom is 0.223 e. The predicted octanol–water partition coefficient (Wildman–Crippen LogP) is 4.05. The molecule has 27 heavy (non-hydrogen) atoms. The van der Waals surface area contributed by atoms with Crippen molar-refractivity contribution in [2.75, 3.05) is 13.1 Å². The highest BCUT2D eigenvalue weighted by atomic mass is 35.5. The molecule has 1 aromatic rings. The average Bonchev–Trinajstić information content (AvgIpc) is 3.13. The molecule has 1 saturated carbocycles. The molecule has 0 unspecified atom stereocenters. The molecule has 1 aliphatic carbocycles. The van der Waals surface area contributed by atoms with Crippen LogP contribution in [-0.4, -0.2) is 41.6 Å². The standard InChI is InChI=1S/C20H27ClN2O3S/c21-18-8-7-17(27-18)16(24)6-9-19(25)23-12-10-15(11-13-23)22-20(26)14-4-2-1-3-5-14/h7-8,14-15H,1-6,9-13H2,(H,22,26). The summed E-state index contributed by atoms with van der Waals surface area (Å²) in [5.74, 6) is 0.354. The maximum absolute atomic E-state index is 12.4. The van der Waals surface area contributed by atoms with Crippen molar-refractivity contribution in [3.63, 3.8) is 0 Å². The zero-order valence-corrected chi connectivity index (χ0v) is 17.1. The van der Waals surface area contributed by atoms with Crippen molar-refractivity contribution in [2.24, 2.45) is 5.92 Å². The summed E-state index contributed by atoms with van der Waals surface area (Å²) in [6.45, 7) is 1.29. The van der Waals surface area contributed by atoms with Crippen LogP contribution in [0.3, 0.4) is 0 Å². The third kappa shape index (κ3) is 5.79. The number of thiophene rings is 1. The number of Topliss-reactive ketones (excluding diaryl/α,β-unsaturated/α-hetero) is 1. The van der Waals surface area contributed by atoms with E-state index in [4.69, 9.17) is 11.6 Å². The first-order valence-electron chi connectivity index (χ1n) is 9.89. The van der Waals surface area contributed by atoms with E-state index in [0.29, 0.717) is 22.3 Å². The molecule has 1 N–H and O–H groups in total. The first kappa shape index (κ1) is 20.3. The second kappa shape index (κ2) is 9.69. The van der Waals surface area contributed by atoms with Gasteiger partial charge in [-0.1, -0.05) is 30.9 Å². The fourth-order valence-electron chi connectivity index (χ4n) is 3.92. The second-order valence-corrected chi connectivity index (χ2v) is 9.24. The van der Waals surface area contributed by atoms with Crippen LogP contribution >= 0.6 is 22.9 Å². The Balaban J connectivity index is 1.37. The number of likely N-dealkylation sites (tertiary alicyclic amines) is 1. The molecule has 2 heterocycles. The summed E-state index contributed by atoms with van der Waals surface area (Å²) >= 11 is 7.10. The van der Waals surface area contributed by atoms with E-state index in [2.05, 4.69) is 5.32 Å². The van der Waals surface area contributed by atoms with Gasteiger partial charge in [-0.25, -0.2) is 0 Å². The Kier molecular flexibility index (Phi) is 7.30. The van der Waals surface area contributed by atoms with Crippen molar-refractivity contribution >= 4 is 40.5 Å². The van der Waals surface area contributed by atoms with Crippen LogP contribution in [0.15, 0.2) is 12.1 Å². The van der Waals surface area contributed by atoms with Gasteiger partial charge < -0.3 is 10.2 Å². The van der Waals surface area contributed by atoms with Gasteiger partial charge in [0.2, 0.25) is 11.8 Å². The van der Waals surface area contributed by atoms with Crippen molar-refractivity contribution in [1.82, 2.24) is 10.2 Å². The fourth-order valence-corrected chi connectivity index (χ4v) is 4.93. The van der Waals surface area contributed by atoms with Gasteiger partial charge in [-0.15, -0.1) is 11.3 Å². The molecule has 0 spiro atoms. The lowest BCUT2D eigenvalue weighted by atomic mass is 9.88. The zero-order chi connectivity index (χ0) is 19.2. The SMILES string of the molecule is O=C(CCC(=O)N1CCC(NC(=O)C2CCCCC2)CC1)c1ccc(Cl)s1. The van der Waals surface area contributed by atoms with Crippen LogP contribution in [0.1, 0.15) is 67.5 Å². The Hall–Kier alpha value is -1.40. The van der Waals surface area contributed by atoms with E-state index in [1.807, 2.05) is 4.90 Å². The molecule has 2 amide bonds. The van der Waals surface area contributed by atoms with Gasteiger partial charge in [0.25, 0.3) is 0 Å². The summed E-state index contributed by atoms with van der Waals surface area (Å²) in [7, 11) is 0. The number of nitrogens with one attached hydrogen (secondary N) is 1. The number of halogens is 1. The Morgan fingerprint density at radius 2 is 1.74 bits per heavy atom. The van der Waals surface area contributed by atoms with Gasteiger partial charge in [-0.3, -0.25) is 14.4 Å². The normalized spacial score (nSPS) is 19.1. The van der Waals surface area contributed by atoms with E-state index < -0.39 is 0 Å². The summed E-state index contributed by atoms with van der Waals surface area (Å²) in [6.07, 6.45) is 7.59. The Morgan fingerprint density at radius 3 is 2.37 bits per heavy atom. The lowest BCUT2D eigenvalue weighted by Crippen LogP contribution is -2.48. The fraction of sp³-hybridized carbons (Fsp3) is 0.650. The van der Waals surface area contributed by atoms with E-state index in [0.717, 1.165) is 38.5 Å². The number of ketones is 1. The summed E-state index contributed by atoms with van der Waals surface area (Å²) in [4.78, 5) is 39.3. The molecular weight excluding hydrogens is 384 g/mol. The van der Waals surface area contributed by atoms with Gasteiger partial charge in [0.1, 0.15) is 0 Å². The molecule has 2 aliphatic rings. The number of amides is 2. The largest absolute Gasteiger partial charge is 0.353 e. The summed E-state index contributed by atoms with van der Waals surface area (Å²) in [5, 5.41) is 3.18. The van der Waals surface area contributed by atoms with Crippen LogP contribution in [0.5, 0.6) is 0 Å². The van der Waals surface area contributed by atoms with Crippen LogP contribution in [0.2, 0.25) is 4.34 Å². The van der Waals surface area contributed by atoms with Gasteiger partial charge in [-0.2, -0.15) is 0 Å². The Bertz CT molecular complexity index is 677. The molecule has 1 aromatic heterocycles. The third-order valence-corrected chi connectivity index (χ3v) is 6.86. The molecule has 2 fully saturated rings. The van der Waals surface area contributed by atoms with Crippen molar-refractivity contribution in [2.45, 2.75) is 63.8 Å². The number of hydrogen-bond acceptors (Lipinski definition) is 4. The average molecular weight is 411 g/mol. The van der Waals surface area contributed by atoms with Crippen LogP contribution in [0.25, 0.3) is 0 Å². The predicted molar refractivity (Wildman–Crippen MR) is 107 cm³/mol. The minimum Gasteiger partial charge on any atom is -0.353 e. The molecule has 148 valence electrons. The molecule has 5 nitrogen and oxygen atoms in total. The maximum atomic E-state index is 12.4. The first-order chi connectivity index (χ1) is 13.0. The summed E-state index contributed by atoms with van der Waals surface area (Å²) in [5.41, 5.74) is 0. The molecule has 0 radical (unpaired) electrons. The number of nitrogens with zero attached hydrogens (tertiary/aromatic N) is 1. The van der Waals surface area contributed by atoms with E-state index in [1.165, 1.54) is 17.8 Å². The molecule has 7 heteroatoms. The Morgan fingerprint density at radius 1 is 1.04 bits per heavy atom. The van der Waals surface area contributed by atoms with Crippen LogP contribution in [0, 0.1) is 5.92 Å². The summed E-state index contributed by atoms with van der Waals surface area (Å²) < 4.78 is 0.585. The number of piperidine rings is 1. The zero-order valence-electron chi connectivity index (χ0n) is 15.5. The number of hydrogen-bond donors (Lipinski definition) is 1. The van der Waals surface area contributed by atoms with E-state index >= 15 is 0 Å². The first-order valence-corrected chi connectivity index (χ1v) is 11.1. The molecule has 0 bridgehead atoms. The van der Waals surface area contributed by atoms with Crippen LogP contribution in [0.4, 0.5) is 0 Å². The molecule has 0 aromatic carbocycles. The lowest BCUT2D eigenvalue weighted by molar-refractivity contribution is -0.132. The van der Waals surface area contributed by atoms with E-state index in [1.54, 1.807) is 12.1 Å². The topological polar surface area (TPSA) is 66.5 Å². The lowest BCUT2D eigenvalue weighted by Gasteiger charge is -2.33. The van der Waals surface area contributed by atoms with Gasteiger partial charge in [0.05, 0.1) is 9.21 Å². The molecular formula is C20H27ClN2O3S. The summed E-state index contributed by atoms with van der Waals surface area (Å²) in [6, 6.07) is 3.58. The van der Waals surface area contributed by atoms with Gasteiger partial charge in [0, 0.05) is 37.9 Å². The monoisotopic (exact) mass is 410 g/mol. The van der Waals surface area contributed by atoms with Gasteiger partial charge >= 0.3 is 0 Å². The smallest absolute Gasteiger partial charge is 0.223 e. The van der Waals surface area contributed by atoms with E-state index in [-0.39, 0.29) is 42.4 Å². The number of rotatable bonds is 6. The van der Waals surface area contributed by atoms with Crippen LogP contribution < -0.4 is 5.32 Å². The molecule has 0 atom stereocenters. The quantitative estimate of drug-likeness (QED) is 0.719. The van der Waals surface area contributed by atoms with E-state index in [9.17, 15) is 14.4 Å². The van der Waals surface area contributed by atoms with Crippen LogP contribution in [-0.2, 0) is 9.59 Å². The Labute approximate surface area is 169 Å². The van der Waals surface area contributed by atoms with Crippen molar-refractivity contribution in [1.29, 1.82) is 0 Å². The highest BCUT2D eigenvalue weighted by Gasteiger charge is 2.27. The number of carbonyl (C=O) groups is 3. The highest BCUT2D eigenvalue weighted by Crippen LogP contribution is 2.25. The molecule has 1 saturated heterocycles. The minimum atomic E-state index is -0.0325. The molecule has 1 aliphatic heterocycles. The van der Waals surface area contributed by atoms with Gasteiger partial charge in [0.15, 0.2) is 5.78 Å². The van der Waals surface area contributed by atoms with Crippen molar-refractivity contribution in [3.05, 3.63) is 21.3 Å². The molecule has 3 rings (SSSR count). The highest BCUT2D eigenvalue weighted by molar-refractivity contribution is 7.18. The third-order valence-electron chi connectivity index (χ3n) is 5.58. The minimum absolute atomic E-state index is 0.0167. The number of carbonyl (C=O) groups excluding carboxylic acids is 3. The van der Waals surface area contributed by atoms with Crippen molar-refractivity contribution < 1.29 is 14.4 Å².